The number of nitrogens with two attached hydrogens (primary N) is 1. The van der Waals surface area contributed by atoms with Crippen LogP contribution < -0.4 is 5.73 Å². The van der Waals surface area contributed by atoms with Gasteiger partial charge in [-0.3, -0.25) is 0 Å². The summed E-state index contributed by atoms with van der Waals surface area (Å²) < 4.78 is 10.5. The Labute approximate surface area is 109 Å². The maximum absolute atomic E-state index is 6.15. The molecule has 0 saturated carbocycles. The monoisotopic (exact) mass is 265 g/mol. The molecule has 1 fully saturated rings. The van der Waals surface area contributed by atoms with Gasteiger partial charge in [-0.25, -0.2) is 0 Å². The molecule has 5 nitrogen and oxygen atoms in total. The van der Waals surface area contributed by atoms with Crippen LogP contribution in [0.25, 0.3) is 11.4 Å². The van der Waals surface area contributed by atoms with Crippen LogP contribution in [-0.2, 0) is 10.3 Å². The topological polar surface area (TPSA) is 74.2 Å². The van der Waals surface area contributed by atoms with E-state index in [9.17, 15) is 0 Å². The Morgan fingerprint density at radius 3 is 3.00 bits per heavy atom. The summed E-state index contributed by atoms with van der Waals surface area (Å²) >= 11 is 5.93. The second kappa shape index (κ2) is 4.35. The van der Waals surface area contributed by atoms with E-state index in [4.69, 9.17) is 26.6 Å². The van der Waals surface area contributed by atoms with Gasteiger partial charge in [0, 0.05) is 17.2 Å². The predicted molar refractivity (Wildman–Crippen MR) is 66.0 cm³/mol. The number of ether oxygens (including phenoxy) is 1. The van der Waals surface area contributed by atoms with Gasteiger partial charge in [-0.05, 0) is 18.6 Å². The van der Waals surface area contributed by atoms with Gasteiger partial charge in [0.15, 0.2) is 0 Å². The van der Waals surface area contributed by atoms with Gasteiger partial charge in [0.1, 0.15) is 5.54 Å². The molecule has 0 radical (unpaired) electrons. The highest BCUT2D eigenvalue weighted by Gasteiger charge is 2.38. The van der Waals surface area contributed by atoms with Crippen molar-refractivity contribution in [1.29, 1.82) is 0 Å². The molecule has 0 spiro atoms. The third-order valence-corrected chi connectivity index (χ3v) is 3.22. The average molecular weight is 266 g/mol. The molecule has 6 heteroatoms. The molecule has 1 saturated heterocycles. The highest BCUT2D eigenvalue weighted by Crippen LogP contribution is 2.28. The van der Waals surface area contributed by atoms with Gasteiger partial charge in [-0.2, -0.15) is 4.98 Å². The summed E-state index contributed by atoms with van der Waals surface area (Å²) in [4.78, 5) is 4.33. The van der Waals surface area contributed by atoms with Crippen molar-refractivity contribution in [2.75, 3.05) is 13.2 Å². The van der Waals surface area contributed by atoms with E-state index in [1.165, 1.54) is 0 Å². The van der Waals surface area contributed by atoms with E-state index in [0.29, 0.717) is 36.4 Å². The summed E-state index contributed by atoms with van der Waals surface area (Å²) in [6.07, 6.45) is 0.685. The van der Waals surface area contributed by atoms with Gasteiger partial charge in [0.2, 0.25) is 11.7 Å². The quantitative estimate of drug-likeness (QED) is 0.898. The highest BCUT2D eigenvalue weighted by molar-refractivity contribution is 6.30. The average Bonchev–Trinajstić information content (AvgIpc) is 2.98. The van der Waals surface area contributed by atoms with E-state index in [-0.39, 0.29) is 0 Å². The van der Waals surface area contributed by atoms with Crippen molar-refractivity contribution in [2.24, 2.45) is 5.73 Å². The summed E-state index contributed by atoms with van der Waals surface area (Å²) in [6.45, 7) is 1.02. The summed E-state index contributed by atoms with van der Waals surface area (Å²) in [6, 6.07) is 7.28. The van der Waals surface area contributed by atoms with Crippen LogP contribution in [0.2, 0.25) is 5.02 Å². The summed E-state index contributed by atoms with van der Waals surface area (Å²) in [5.41, 5.74) is 6.30. The first-order valence-electron chi connectivity index (χ1n) is 5.64. The van der Waals surface area contributed by atoms with Crippen LogP contribution in [0.4, 0.5) is 0 Å². The fourth-order valence-electron chi connectivity index (χ4n) is 1.92. The van der Waals surface area contributed by atoms with Gasteiger partial charge < -0.3 is 15.0 Å². The van der Waals surface area contributed by atoms with E-state index in [0.717, 1.165) is 5.56 Å². The third kappa shape index (κ3) is 2.01. The lowest BCUT2D eigenvalue weighted by Crippen LogP contribution is -2.37. The zero-order valence-electron chi connectivity index (χ0n) is 9.60. The van der Waals surface area contributed by atoms with Gasteiger partial charge in [-0.15, -0.1) is 0 Å². The number of benzene rings is 1. The molecule has 1 unspecified atom stereocenters. The van der Waals surface area contributed by atoms with Gasteiger partial charge in [-0.1, -0.05) is 28.9 Å². The van der Waals surface area contributed by atoms with Crippen LogP contribution in [-0.4, -0.2) is 23.4 Å². The molecule has 94 valence electrons. The second-order valence-electron chi connectivity index (χ2n) is 4.39. The fraction of sp³-hybridized carbons (Fsp3) is 0.333. The molecule has 2 heterocycles. The Hall–Kier alpha value is -1.43. The molecule has 1 aromatic heterocycles. The Bertz CT molecular complexity index is 564. The van der Waals surface area contributed by atoms with Crippen LogP contribution in [0.1, 0.15) is 12.3 Å². The van der Waals surface area contributed by atoms with E-state index in [1.807, 2.05) is 12.1 Å². The van der Waals surface area contributed by atoms with Crippen molar-refractivity contribution in [3.63, 3.8) is 0 Å². The number of rotatable bonds is 2. The van der Waals surface area contributed by atoms with E-state index >= 15 is 0 Å². The van der Waals surface area contributed by atoms with Crippen LogP contribution in [0.15, 0.2) is 28.8 Å². The van der Waals surface area contributed by atoms with Gasteiger partial charge in [0.05, 0.1) is 6.61 Å². The minimum Gasteiger partial charge on any atom is -0.379 e. The molecule has 0 amide bonds. The molecular weight excluding hydrogens is 254 g/mol. The number of aromatic nitrogens is 2. The molecule has 1 aromatic carbocycles. The molecule has 3 rings (SSSR count). The van der Waals surface area contributed by atoms with Gasteiger partial charge in [0.25, 0.3) is 0 Å². The first-order valence-corrected chi connectivity index (χ1v) is 6.02. The maximum atomic E-state index is 6.15. The van der Waals surface area contributed by atoms with Crippen molar-refractivity contribution >= 4 is 11.6 Å². The van der Waals surface area contributed by atoms with Crippen molar-refractivity contribution in [3.8, 4) is 11.4 Å². The number of nitrogens with zero attached hydrogens (tertiary/aromatic N) is 2. The largest absolute Gasteiger partial charge is 0.379 e. The lowest BCUT2D eigenvalue weighted by molar-refractivity contribution is 0.166. The molecular formula is C12H12ClN3O2. The predicted octanol–water partition coefficient (Wildman–Crippen LogP) is 1.96. The van der Waals surface area contributed by atoms with Crippen molar-refractivity contribution < 1.29 is 9.26 Å². The third-order valence-electron chi connectivity index (χ3n) is 2.99. The van der Waals surface area contributed by atoms with E-state index < -0.39 is 5.54 Å². The van der Waals surface area contributed by atoms with Crippen molar-refractivity contribution in [3.05, 3.63) is 35.2 Å². The molecule has 2 aromatic rings. The summed E-state index contributed by atoms with van der Waals surface area (Å²) in [5, 5.41) is 4.57. The van der Waals surface area contributed by atoms with Crippen LogP contribution >= 0.6 is 11.6 Å². The van der Waals surface area contributed by atoms with E-state index in [2.05, 4.69) is 10.1 Å². The summed E-state index contributed by atoms with van der Waals surface area (Å²) in [7, 11) is 0. The lowest BCUT2D eigenvalue weighted by atomic mass is 10.0. The fourth-order valence-corrected chi connectivity index (χ4v) is 2.11. The van der Waals surface area contributed by atoms with Crippen LogP contribution in [0.5, 0.6) is 0 Å². The minimum absolute atomic E-state index is 0.407. The molecule has 0 aliphatic carbocycles. The highest BCUT2D eigenvalue weighted by atomic mass is 35.5. The molecule has 1 aliphatic rings. The molecule has 18 heavy (non-hydrogen) atoms. The Kier molecular flexibility index (Phi) is 2.81. The van der Waals surface area contributed by atoms with Crippen molar-refractivity contribution in [1.82, 2.24) is 10.1 Å². The SMILES string of the molecule is NC1(c2nc(-c3cccc(Cl)c3)no2)CCOC1. The Morgan fingerprint density at radius 2 is 2.28 bits per heavy atom. The number of hydrogen-bond acceptors (Lipinski definition) is 5. The zero-order chi connectivity index (χ0) is 12.6. The van der Waals surface area contributed by atoms with Gasteiger partial charge >= 0.3 is 0 Å². The second-order valence-corrected chi connectivity index (χ2v) is 4.83. The molecule has 1 atom stereocenters. The van der Waals surface area contributed by atoms with Crippen molar-refractivity contribution in [2.45, 2.75) is 12.0 Å². The smallest absolute Gasteiger partial charge is 0.249 e. The minimum atomic E-state index is -0.663. The number of halogens is 1. The Morgan fingerprint density at radius 1 is 1.39 bits per heavy atom. The maximum Gasteiger partial charge on any atom is 0.249 e. The van der Waals surface area contributed by atoms with Crippen LogP contribution in [0.3, 0.4) is 0 Å². The Balaban J connectivity index is 1.94. The molecule has 1 aliphatic heterocycles. The molecule has 0 bridgehead atoms. The van der Waals surface area contributed by atoms with E-state index in [1.54, 1.807) is 12.1 Å². The first kappa shape index (κ1) is 11.6. The first-order chi connectivity index (χ1) is 8.67. The normalized spacial score (nSPS) is 23.4. The molecule has 2 N–H and O–H groups in total. The zero-order valence-corrected chi connectivity index (χ0v) is 10.4. The summed E-state index contributed by atoms with van der Waals surface area (Å²) in [5.74, 6) is 0.902. The lowest BCUT2D eigenvalue weighted by Gasteiger charge is -2.14. The number of hydrogen-bond donors (Lipinski definition) is 1. The standard InChI is InChI=1S/C12H12ClN3O2/c13-9-3-1-2-8(6-9)10-15-11(18-16-10)12(14)4-5-17-7-12/h1-3,6H,4-5,7,14H2. The van der Waals surface area contributed by atoms with Crippen LogP contribution in [0, 0.1) is 0 Å².